The number of nitrogens with one attached hydrogen (secondary N) is 3. The molecule has 0 bridgehead atoms. The van der Waals surface area contributed by atoms with Gasteiger partial charge in [-0.2, -0.15) is 5.10 Å². The normalized spacial score (nSPS) is 8.50. The monoisotopic (exact) mass is 217 g/mol. The Balaban J connectivity index is 0.000000791. The second-order valence-electron chi connectivity index (χ2n) is 1.93. The van der Waals surface area contributed by atoms with E-state index in [1.807, 2.05) is 0 Å². The van der Waals surface area contributed by atoms with Crippen LogP contribution in [0.1, 0.15) is 10.5 Å². The van der Waals surface area contributed by atoms with Gasteiger partial charge in [-0.25, -0.2) is 0 Å². The van der Waals surface area contributed by atoms with Gasteiger partial charge >= 0.3 is 0 Å². The van der Waals surface area contributed by atoms with Crippen molar-refractivity contribution in [3.05, 3.63) is 20.8 Å². The van der Waals surface area contributed by atoms with Gasteiger partial charge in [-0.1, -0.05) is 0 Å². The van der Waals surface area contributed by atoms with Gasteiger partial charge in [0.05, 0.1) is 0 Å². The van der Waals surface area contributed by atoms with Crippen molar-refractivity contribution in [2.75, 3.05) is 14.1 Å². The molecule has 0 radical (unpaired) electrons. The molecule has 0 atom stereocenters. The number of amides is 1. The molecule has 0 saturated heterocycles. The smallest absolute Gasteiger partial charge is 0.283 e. The minimum Gasteiger partial charge on any atom is -0.354 e. The highest BCUT2D eigenvalue weighted by atomic mass is 32.1. The summed E-state index contributed by atoms with van der Waals surface area (Å²) in [5, 5.41) is 8.03. The predicted molar refractivity (Wildman–Crippen MR) is 53.5 cm³/mol. The number of H-pyrrole nitrogens is 2. The Bertz CT molecular complexity index is 409. The van der Waals surface area contributed by atoms with Crippen LogP contribution in [0.25, 0.3) is 0 Å². The van der Waals surface area contributed by atoms with Crippen LogP contribution in [0.15, 0.2) is 4.79 Å². The minimum absolute atomic E-state index is 0.0904. The molecule has 1 aromatic heterocycles. The van der Waals surface area contributed by atoms with Crippen LogP contribution in [0, 0.1) is 4.77 Å². The Kier molecular flexibility index (Phi) is 5.34. The lowest BCUT2D eigenvalue weighted by Crippen LogP contribution is -2.29. The average Bonchev–Trinajstić information content (AvgIpc) is 2.20. The number of hydrogen-bond acceptors (Lipinski definition) is 5. The van der Waals surface area contributed by atoms with Crippen molar-refractivity contribution in [3.8, 4) is 0 Å². The fourth-order valence-corrected chi connectivity index (χ4v) is 0.758. The summed E-state index contributed by atoms with van der Waals surface area (Å²) in [6, 6.07) is 0. The van der Waals surface area contributed by atoms with Crippen LogP contribution in [0.5, 0.6) is 0 Å². The Hall–Kier alpha value is -1.54. The molecule has 0 saturated carbocycles. The highest BCUT2D eigenvalue weighted by Gasteiger charge is 2.09. The van der Waals surface area contributed by atoms with Gasteiger partial charge in [0.15, 0.2) is 4.77 Å². The molecule has 8 heteroatoms. The molecule has 7 nitrogen and oxygen atoms in total. The summed E-state index contributed by atoms with van der Waals surface area (Å²) < 4.78 is 0.0904. The average molecular weight is 217 g/mol. The number of aromatic nitrogens is 3. The van der Waals surface area contributed by atoms with E-state index >= 15 is 0 Å². The van der Waals surface area contributed by atoms with E-state index in [-0.39, 0.29) is 10.5 Å². The molecule has 1 amide bonds. The van der Waals surface area contributed by atoms with Crippen molar-refractivity contribution < 1.29 is 4.79 Å². The van der Waals surface area contributed by atoms with Crippen molar-refractivity contribution >= 4 is 18.1 Å². The highest BCUT2D eigenvalue weighted by molar-refractivity contribution is 7.71. The van der Waals surface area contributed by atoms with Crippen molar-refractivity contribution in [2.24, 2.45) is 5.73 Å². The van der Waals surface area contributed by atoms with Crippen molar-refractivity contribution in [2.45, 2.75) is 0 Å². The lowest BCUT2D eigenvalue weighted by atomic mass is 10.4. The maximum absolute atomic E-state index is 11.0. The van der Waals surface area contributed by atoms with Crippen molar-refractivity contribution in [1.82, 2.24) is 20.5 Å². The first kappa shape index (κ1) is 12.5. The quantitative estimate of drug-likeness (QED) is 0.439. The molecular formula is C6H11N5O2S. The molecule has 0 spiro atoms. The summed E-state index contributed by atoms with van der Waals surface area (Å²) in [6.07, 6.45) is 0. The van der Waals surface area contributed by atoms with Gasteiger partial charge in [0.1, 0.15) is 0 Å². The standard InChI is InChI=1S/C5H6N4O2S.CH5N/c1-6-3(10)2-4(11)7-5(12)9-8-2;1-2/h1H3,(H,6,10)(H2,7,9,11,12);2H2,1H3. The van der Waals surface area contributed by atoms with E-state index in [1.165, 1.54) is 14.1 Å². The van der Waals surface area contributed by atoms with E-state index in [2.05, 4.69) is 38.4 Å². The maximum atomic E-state index is 11.0. The van der Waals surface area contributed by atoms with Gasteiger partial charge in [0, 0.05) is 7.05 Å². The molecule has 1 rings (SSSR count). The number of carbonyl (C=O) groups is 1. The minimum atomic E-state index is -0.599. The molecule has 0 aliphatic carbocycles. The number of aromatic amines is 2. The molecule has 78 valence electrons. The third kappa shape index (κ3) is 3.07. The molecule has 5 N–H and O–H groups in total. The zero-order chi connectivity index (χ0) is 11.1. The van der Waals surface area contributed by atoms with E-state index in [4.69, 9.17) is 0 Å². The Morgan fingerprint density at radius 3 is 2.57 bits per heavy atom. The molecule has 0 aliphatic rings. The van der Waals surface area contributed by atoms with E-state index in [1.54, 1.807) is 0 Å². The first-order valence-electron chi connectivity index (χ1n) is 3.64. The van der Waals surface area contributed by atoms with Crippen LogP contribution in [-0.2, 0) is 0 Å². The summed E-state index contributed by atoms with van der Waals surface area (Å²) in [4.78, 5) is 24.1. The van der Waals surface area contributed by atoms with Crippen LogP contribution < -0.4 is 16.6 Å². The lowest BCUT2D eigenvalue weighted by molar-refractivity contribution is 0.0955. The molecule has 0 fully saturated rings. The van der Waals surface area contributed by atoms with Gasteiger partial charge in [0.25, 0.3) is 11.5 Å². The maximum Gasteiger partial charge on any atom is 0.283 e. The number of carbonyl (C=O) groups excluding carboxylic acids is 1. The lowest BCUT2D eigenvalue weighted by Gasteiger charge is -1.94. The van der Waals surface area contributed by atoms with Crippen molar-refractivity contribution in [3.63, 3.8) is 0 Å². The first-order chi connectivity index (χ1) is 6.65. The number of nitrogens with zero attached hydrogens (tertiary/aromatic N) is 1. The SMILES string of the molecule is CN.CNC(=O)c1n[nH]c(=S)[nH]c1=O. The third-order valence-corrected chi connectivity index (χ3v) is 1.35. The van der Waals surface area contributed by atoms with E-state index in [0.717, 1.165) is 0 Å². The van der Waals surface area contributed by atoms with Gasteiger partial charge < -0.3 is 11.1 Å². The van der Waals surface area contributed by atoms with E-state index in [9.17, 15) is 9.59 Å². The van der Waals surface area contributed by atoms with Crippen LogP contribution >= 0.6 is 12.2 Å². The number of hydrogen-bond donors (Lipinski definition) is 4. The fourth-order valence-electron chi connectivity index (χ4n) is 0.620. The van der Waals surface area contributed by atoms with Gasteiger partial charge in [-0.3, -0.25) is 19.7 Å². The first-order valence-corrected chi connectivity index (χ1v) is 4.05. The zero-order valence-electron chi connectivity index (χ0n) is 7.75. The second kappa shape index (κ2) is 6.00. The fraction of sp³-hybridized carbons (Fsp3) is 0.333. The Morgan fingerprint density at radius 1 is 1.57 bits per heavy atom. The summed E-state index contributed by atoms with van der Waals surface area (Å²) in [7, 11) is 2.91. The summed E-state index contributed by atoms with van der Waals surface area (Å²) in [5.41, 5.74) is 3.67. The number of nitrogens with two attached hydrogens (primary N) is 1. The topological polar surface area (TPSA) is 117 Å². The molecule has 1 heterocycles. The summed E-state index contributed by atoms with van der Waals surface area (Å²) >= 11 is 4.58. The predicted octanol–water partition coefficient (Wildman–Crippen LogP) is -1.24. The molecule has 0 aromatic carbocycles. The molecule has 1 aromatic rings. The van der Waals surface area contributed by atoms with Crippen LogP contribution in [0.2, 0.25) is 0 Å². The summed E-state index contributed by atoms with van der Waals surface area (Å²) in [5.74, 6) is -0.553. The molecule has 0 unspecified atom stereocenters. The molecule has 14 heavy (non-hydrogen) atoms. The van der Waals surface area contributed by atoms with E-state index < -0.39 is 11.5 Å². The van der Waals surface area contributed by atoms with Crippen LogP contribution in [0.4, 0.5) is 0 Å². The van der Waals surface area contributed by atoms with Gasteiger partial charge in [-0.15, -0.1) is 0 Å². The largest absolute Gasteiger partial charge is 0.354 e. The zero-order valence-corrected chi connectivity index (χ0v) is 8.57. The van der Waals surface area contributed by atoms with Crippen molar-refractivity contribution in [1.29, 1.82) is 0 Å². The Morgan fingerprint density at radius 2 is 2.14 bits per heavy atom. The van der Waals surface area contributed by atoms with Gasteiger partial charge in [-0.05, 0) is 19.3 Å². The summed E-state index contributed by atoms with van der Waals surface area (Å²) in [6.45, 7) is 0. The highest BCUT2D eigenvalue weighted by Crippen LogP contribution is 1.79. The van der Waals surface area contributed by atoms with E-state index in [0.29, 0.717) is 0 Å². The Labute approximate surface area is 84.7 Å². The number of rotatable bonds is 1. The second-order valence-corrected chi connectivity index (χ2v) is 2.34. The molecular weight excluding hydrogens is 206 g/mol. The molecule has 0 aliphatic heterocycles. The third-order valence-electron chi connectivity index (χ3n) is 1.15. The van der Waals surface area contributed by atoms with Crippen LogP contribution in [-0.4, -0.2) is 35.2 Å². The van der Waals surface area contributed by atoms with Crippen LogP contribution in [0.3, 0.4) is 0 Å². The van der Waals surface area contributed by atoms with Gasteiger partial charge in [0.2, 0.25) is 5.69 Å².